The number of halogens is 3. The van der Waals surface area contributed by atoms with Crippen LogP contribution in [0.3, 0.4) is 0 Å². The van der Waals surface area contributed by atoms with E-state index in [1.807, 2.05) is 0 Å². The summed E-state index contributed by atoms with van der Waals surface area (Å²) < 4.78 is 36.9. The summed E-state index contributed by atoms with van der Waals surface area (Å²) in [5.41, 5.74) is 0.185. The maximum atomic E-state index is 12.3. The molecule has 2 unspecified atom stereocenters. The number of alkyl halides is 3. The van der Waals surface area contributed by atoms with Gasteiger partial charge < -0.3 is 0 Å². The molecule has 0 aromatic carbocycles. The Balaban J connectivity index is 2.92. The number of rotatable bonds is 0. The van der Waals surface area contributed by atoms with Crippen LogP contribution >= 0.6 is 0 Å². The van der Waals surface area contributed by atoms with Gasteiger partial charge in [-0.2, -0.15) is 18.4 Å². The zero-order chi connectivity index (χ0) is 10.1. The smallest absolute Gasteiger partial charge is 0.193 e. The van der Waals surface area contributed by atoms with Crippen LogP contribution in [-0.2, 0) is 0 Å². The molecule has 0 aromatic heterocycles. The van der Waals surface area contributed by atoms with Gasteiger partial charge in [0.05, 0.1) is 12.0 Å². The van der Waals surface area contributed by atoms with Crippen LogP contribution in [0, 0.1) is 23.2 Å². The molecule has 0 spiro atoms. The highest BCUT2D eigenvalue weighted by Crippen LogP contribution is 2.38. The van der Waals surface area contributed by atoms with E-state index in [0.29, 0.717) is 0 Å². The third-order valence-corrected chi connectivity index (χ3v) is 2.13. The van der Waals surface area contributed by atoms with Gasteiger partial charge in [0.1, 0.15) is 0 Å². The predicted octanol–water partition coefficient (Wildman–Crippen LogP) is 2.82. The fourth-order valence-electron chi connectivity index (χ4n) is 1.32. The molecule has 0 amide bonds. The van der Waals surface area contributed by atoms with E-state index in [2.05, 4.69) is 0 Å². The number of nitriles is 1. The first-order valence-electron chi connectivity index (χ1n) is 3.82. The van der Waals surface area contributed by atoms with Gasteiger partial charge in [-0.3, -0.25) is 0 Å². The van der Waals surface area contributed by atoms with E-state index in [1.54, 1.807) is 6.07 Å². The molecule has 0 N–H and O–H groups in total. The molecule has 2 atom stereocenters. The van der Waals surface area contributed by atoms with Crippen LogP contribution in [-0.4, -0.2) is 6.18 Å². The number of hydrogen-bond donors (Lipinski definition) is 0. The van der Waals surface area contributed by atoms with Crippen molar-refractivity contribution < 1.29 is 13.2 Å². The van der Waals surface area contributed by atoms with Crippen LogP contribution < -0.4 is 0 Å². The zero-order valence-electron chi connectivity index (χ0n) is 6.97. The van der Waals surface area contributed by atoms with Gasteiger partial charge in [0.25, 0.3) is 0 Å². The summed E-state index contributed by atoms with van der Waals surface area (Å²) in [7, 11) is 0. The van der Waals surface area contributed by atoms with Gasteiger partial charge in [-0.25, -0.2) is 0 Å². The standard InChI is InChI=1S/C9H8F3N/c1-6-7(5-13)3-2-4-8(6)9(10,11)12/h2-4,6,8H,1H3. The molecule has 0 radical (unpaired) electrons. The Labute approximate surface area is 74.2 Å². The second-order valence-corrected chi connectivity index (χ2v) is 2.97. The molecule has 0 saturated carbocycles. The third-order valence-electron chi connectivity index (χ3n) is 2.13. The molecule has 0 bridgehead atoms. The molecule has 70 valence electrons. The van der Waals surface area contributed by atoms with E-state index < -0.39 is 18.0 Å². The summed E-state index contributed by atoms with van der Waals surface area (Å²) in [5.74, 6) is -2.29. The lowest BCUT2D eigenvalue weighted by Gasteiger charge is -2.25. The maximum Gasteiger partial charge on any atom is 0.395 e. The third kappa shape index (κ3) is 1.92. The molecule has 0 saturated heterocycles. The highest BCUT2D eigenvalue weighted by atomic mass is 19.4. The summed E-state index contributed by atoms with van der Waals surface area (Å²) in [5, 5.41) is 8.53. The molecular formula is C9H8F3N. The van der Waals surface area contributed by atoms with Crippen molar-refractivity contribution in [2.75, 3.05) is 0 Å². The van der Waals surface area contributed by atoms with Crippen LogP contribution in [0.1, 0.15) is 6.92 Å². The van der Waals surface area contributed by atoms with Gasteiger partial charge in [-0.1, -0.05) is 19.1 Å². The summed E-state index contributed by atoms with van der Waals surface area (Å²) in [4.78, 5) is 0. The van der Waals surface area contributed by atoms with Crippen molar-refractivity contribution in [2.24, 2.45) is 11.8 Å². The van der Waals surface area contributed by atoms with Gasteiger partial charge in [0.15, 0.2) is 0 Å². The minimum absolute atomic E-state index is 0.185. The average Bonchev–Trinajstić information content (AvgIpc) is 2.02. The Morgan fingerprint density at radius 1 is 1.46 bits per heavy atom. The lowest BCUT2D eigenvalue weighted by Crippen LogP contribution is -2.29. The maximum absolute atomic E-state index is 12.3. The predicted molar refractivity (Wildman–Crippen MR) is 41.5 cm³/mol. The fourth-order valence-corrected chi connectivity index (χ4v) is 1.32. The molecular weight excluding hydrogens is 179 g/mol. The minimum atomic E-state index is -4.26. The SMILES string of the molecule is CC1C(C#N)=CC=CC1C(F)(F)F. The molecule has 0 aliphatic heterocycles. The van der Waals surface area contributed by atoms with Crippen molar-refractivity contribution in [1.29, 1.82) is 5.26 Å². The number of nitrogens with zero attached hydrogens (tertiary/aromatic N) is 1. The Bertz CT molecular complexity index is 293. The topological polar surface area (TPSA) is 23.8 Å². The Kier molecular flexibility index (Phi) is 2.46. The van der Waals surface area contributed by atoms with Gasteiger partial charge >= 0.3 is 6.18 Å². The van der Waals surface area contributed by atoms with Crippen molar-refractivity contribution in [3.63, 3.8) is 0 Å². The lowest BCUT2D eigenvalue weighted by molar-refractivity contribution is -0.169. The van der Waals surface area contributed by atoms with E-state index >= 15 is 0 Å². The largest absolute Gasteiger partial charge is 0.395 e. The highest BCUT2D eigenvalue weighted by Gasteiger charge is 2.43. The van der Waals surface area contributed by atoms with E-state index in [0.717, 1.165) is 6.08 Å². The van der Waals surface area contributed by atoms with Crippen molar-refractivity contribution in [1.82, 2.24) is 0 Å². The van der Waals surface area contributed by atoms with Crippen molar-refractivity contribution in [3.8, 4) is 6.07 Å². The summed E-state index contributed by atoms with van der Waals surface area (Å²) in [6, 6.07) is 1.77. The quantitative estimate of drug-likeness (QED) is 0.572. The Morgan fingerprint density at radius 2 is 2.08 bits per heavy atom. The van der Waals surface area contributed by atoms with E-state index in [1.165, 1.54) is 19.1 Å². The molecule has 1 aliphatic rings. The van der Waals surface area contributed by atoms with Gasteiger partial charge in [-0.05, 0) is 6.08 Å². The van der Waals surface area contributed by atoms with Gasteiger partial charge in [0, 0.05) is 11.5 Å². The molecule has 4 heteroatoms. The van der Waals surface area contributed by atoms with E-state index in [-0.39, 0.29) is 5.57 Å². The van der Waals surface area contributed by atoms with Gasteiger partial charge in [0.2, 0.25) is 0 Å². The van der Waals surface area contributed by atoms with Crippen LogP contribution in [0.2, 0.25) is 0 Å². The fraction of sp³-hybridized carbons (Fsp3) is 0.444. The first kappa shape index (κ1) is 9.85. The second kappa shape index (κ2) is 3.25. The van der Waals surface area contributed by atoms with Crippen molar-refractivity contribution >= 4 is 0 Å². The van der Waals surface area contributed by atoms with Crippen LogP contribution in [0.25, 0.3) is 0 Å². The van der Waals surface area contributed by atoms with Crippen molar-refractivity contribution in [3.05, 3.63) is 23.8 Å². The molecule has 1 aliphatic carbocycles. The van der Waals surface area contributed by atoms with E-state index in [9.17, 15) is 13.2 Å². The normalized spacial score (nSPS) is 28.1. The average molecular weight is 187 g/mol. The lowest BCUT2D eigenvalue weighted by atomic mass is 9.84. The van der Waals surface area contributed by atoms with Crippen LogP contribution in [0.4, 0.5) is 13.2 Å². The van der Waals surface area contributed by atoms with Crippen LogP contribution in [0.5, 0.6) is 0 Å². The Morgan fingerprint density at radius 3 is 2.54 bits per heavy atom. The monoisotopic (exact) mass is 187 g/mol. The number of allylic oxidation sites excluding steroid dienone is 4. The van der Waals surface area contributed by atoms with E-state index in [4.69, 9.17) is 5.26 Å². The summed E-state index contributed by atoms with van der Waals surface area (Å²) in [6.45, 7) is 1.41. The Hall–Kier alpha value is -1.24. The molecule has 13 heavy (non-hydrogen) atoms. The molecule has 1 nitrogen and oxygen atoms in total. The summed E-state index contributed by atoms with van der Waals surface area (Å²) in [6.07, 6.45) is -0.457. The number of hydrogen-bond acceptors (Lipinski definition) is 1. The first-order chi connectivity index (χ1) is 5.96. The minimum Gasteiger partial charge on any atom is -0.193 e. The van der Waals surface area contributed by atoms with Crippen LogP contribution in [0.15, 0.2) is 23.8 Å². The molecule has 0 fully saturated rings. The summed E-state index contributed by atoms with van der Waals surface area (Å²) >= 11 is 0. The molecule has 0 aromatic rings. The first-order valence-corrected chi connectivity index (χ1v) is 3.82. The molecule has 0 heterocycles. The highest BCUT2D eigenvalue weighted by molar-refractivity contribution is 5.33. The second-order valence-electron chi connectivity index (χ2n) is 2.97. The van der Waals surface area contributed by atoms with Gasteiger partial charge in [-0.15, -0.1) is 0 Å². The zero-order valence-corrected chi connectivity index (χ0v) is 6.97. The van der Waals surface area contributed by atoms with Crippen molar-refractivity contribution in [2.45, 2.75) is 13.1 Å². The molecule has 1 rings (SSSR count).